The van der Waals surface area contributed by atoms with Gasteiger partial charge < -0.3 is 5.11 Å². The average Bonchev–Trinajstić information content (AvgIpc) is 2.38. The van der Waals surface area contributed by atoms with Crippen LogP contribution in [0, 0.1) is 10.1 Å². The lowest BCUT2D eigenvalue weighted by Gasteiger charge is -2.10. The molecule has 1 unspecified atom stereocenters. The molecule has 0 fully saturated rings. The van der Waals surface area contributed by atoms with Gasteiger partial charge in [0.15, 0.2) is 0 Å². The molecular formula is C14H16N2O3. The predicted molar refractivity (Wildman–Crippen MR) is 73.0 cm³/mol. The molecule has 100 valence electrons. The van der Waals surface area contributed by atoms with Crippen LogP contribution in [0.1, 0.15) is 25.3 Å². The van der Waals surface area contributed by atoms with Crippen molar-refractivity contribution in [3.63, 3.8) is 0 Å². The number of nitrogens with zero attached hydrogens (tertiary/aromatic N) is 2. The smallest absolute Gasteiger partial charge is 0.282 e. The number of rotatable bonds is 5. The first-order valence-electron chi connectivity index (χ1n) is 6.32. The van der Waals surface area contributed by atoms with Crippen LogP contribution in [0.4, 0.5) is 5.69 Å². The van der Waals surface area contributed by atoms with E-state index in [0.29, 0.717) is 29.3 Å². The number of hydrogen-bond acceptors (Lipinski definition) is 4. The van der Waals surface area contributed by atoms with E-state index in [1.165, 1.54) is 0 Å². The predicted octanol–water partition coefficient (Wildman–Crippen LogP) is 2.85. The fraction of sp³-hybridized carbons (Fsp3) is 0.357. The van der Waals surface area contributed by atoms with Gasteiger partial charge in [-0.2, -0.15) is 0 Å². The van der Waals surface area contributed by atoms with Crippen LogP contribution in [0.15, 0.2) is 30.5 Å². The Labute approximate surface area is 111 Å². The lowest BCUT2D eigenvalue weighted by Crippen LogP contribution is -2.11. The zero-order chi connectivity index (χ0) is 13.8. The number of pyridine rings is 1. The second-order valence-electron chi connectivity index (χ2n) is 4.55. The van der Waals surface area contributed by atoms with Gasteiger partial charge in [0.05, 0.1) is 21.9 Å². The number of nitro groups is 1. The zero-order valence-electron chi connectivity index (χ0n) is 10.7. The second-order valence-corrected chi connectivity index (χ2v) is 4.55. The summed E-state index contributed by atoms with van der Waals surface area (Å²) in [5, 5.41) is 21.6. The van der Waals surface area contributed by atoms with Crippen LogP contribution in [0.25, 0.3) is 10.9 Å². The van der Waals surface area contributed by atoms with Gasteiger partial charge >= 0.3 is 0 Å². The van der Waals surface area contributed by atoms with E-state index in [4.69, 9.17) is 0 Å². The van der Waals surface area contributed by atoms with Gasteiger partial charge in [0.1, 0.15) is 0 Å². The highest BCUT2D eigenvalue weighted by atomic mass is 16.6. The molecule has 0 saturated heterocycles. The van der Waals surface area contributed by atoms with E-state index >= 15 is 0 Å². The molecule has 0 amide bonds. The van der Waals surface area contributed by atoms with Crippen molar-refractivity contribution in [2.45, 2.75) is 32.3 Å². The van der Waals surface area contributed by atoms with Crippen molar-refractivity contribution in [2.75, 3.05) is 0 Å². The largest absolute Gasteiger partial charge is 0.393 e. The minimum absolute atomic E-state index is 0.0563. The number of benzene rings is 1. The highest BCUT2D eigenvalue weighted by Gasteiger charge is 2.20. The first-order valence-corrected chi connectivity index (χ1v) is 6.32. The van der Waals surface area contributed by atoms with E-state index in [0.717, 1.165) is 6.42 Å². The Balaban J connectivity index is 2.49. The van der Waals surface area contributed by atoms with E-state index in [2.05, 4.69) is 4.98 Å². The molecule has 0 bridgehead atoms. The fourth-order valence-electron chi connectivity index (χ4n) is 2.25. The van der Waals surface area contributed by atoms with Gasteiger partial charge in [-0.15, -0.1) is 0 Å². The summed E-state index contributed by atoms with van der Waals surface area (Å²) in [6.07, 6.45) is 2.86. The minimum Gasteiger partial charge on any atom is -0.393 e. The SMILES string of the molecule is CCCC(O)Cc1ccc2ncccc2c1[N+](=O)[O-]. The Morgan fingerprint density at radius 2 is 2.21 bits per heavy atom. The number of aromatic nitrogens is 1. The van der Waals surface area contributed by atoms with Crippen LogP contribution >= 0.6 is 0 Å². The Hall–Kier alpha value is -2.01. The van der Waals surface area contributed by atoms with Crippen molar-refractivity contribution in [2.24, 2.45) is 0 Å². The van der Waals surface area contributed by atoms with Crippen LogP contribution in [0.3, 0.4) is 0 Å². The van der Waals surface area contributed by atoms with E-state index in [1.54, 1.807) is 30.5 Å². The summed E-state index contributed by atoms with van der Waals surface area (Å²) in [4.78, 5) is 15.0. The number of nitro benzene ring substituents is 1. The van der Waals surface area contributed by atoms with Crippen LogP contribution in [-0.4, -0.2) is 21.1 Å². The molecule has 2 rings (SSSR count). The maximum atomic E-state index is 11.3. The number of hydrogen-bond donors (Lipinski definition) is 1. The van der Waals surface area contributed by atoms with Crippen molar-refractivity contribution in [1.29, 1.82) is 0 Å². The van der Waals surface area contributed by atoms with Crippen LogP contribution < -0.4 is 0 Å². The summed E-state index contributed by atoms with van der Waals surface area (Å²) in [6, 6.07) is 6.82. The molecule has 5 nitrogen and oxygen atoms in total. The molecule has 5 heteroatoms. The lowest BCUT2D eigenvalue weighted by atomic mass is 10.0. The molecule has 0 radical (unpaired) electrons. The topological polar surface area (TPSA) is 76.3 Å². The average molecular weight is 260 g/mol. The van der Waals surface area contributed by atoms with Gasteiger partial charge in [-0.25, -0.2) is 0 Å². The first-order chi connectivity index (χ1) is 9.13. The molecule has 1 aromatic heterocycles. The molecule has 0 aliphatic carbocycles. The molecular weight excluding hydrogens is 244 g/mol. The number of fused-ring (bicyclic) bond motifs is 1. The monoisotopic (exact) mass is 260 g/mol. The standard InChI is InChI=1S/C14H16N2O3/c1-2-4-11(17)9-10-6-7-13-12(5-3-8-15-13)14(10)16(18)19/h3,5-8,11,17H,2,4,9H2,1H3. The number of aliphatic hydroxyl groups excluding tert-OH is 1. The van der Waals surface area contributed by atoms with Gasteiger partial charge in [0.2, 0.25) is 0 Å². The molecule has 0 spiro atoms. The van der Waals surface area contributed by atoms with Crippen LogP contribution in [0.5, 0.6) is 0 Å². The Kier molecular flexibility index (Phi) is 4.06. The third kappa shape index (κ3) is 2.88. The molecule has 1 atom stereocenters. The second kappa shape index (κ2) is 5.75. The quantitative estimate of drug-likeness (QED) is 0.662. The van der Waals surface area contributed by atoms with Crippen molar-refractivity contribution >= 4 is 16.6 Å². The molecule has 0 aliphatic heterocycles. The first kappa shape index (κ1) is 13.4. The Bertz CT molecular complexity index is 598. The summed E-state index contributed by atoms with van der Waals surface area (Å²) in [5.41, 5.74) is 1.22. The van der Waals surface area contributed by atoms with Crippen molar-refractivity contribution < 1.29 is 10.0 Å². The zero-order valence-corrected chi connectivity index (χ0v) is 10.7. The summed E-state index contributed by atoms with van der Waals surface area (Å²) in [7, 11) is 0. The van der Waals surface area contributed by atoms with E-state index in [1.807, 2.05) is 6.92 Å². The summed E-state index contributed by atoms with van der Waals surface area (Å²) >= 11 is 0. The molecule has 2 aromatic rings. The summed E-state index contributed by atoms with van der Waals surface area (Å²) < 4.78 is 0. The third-order valence-electron chi connectivity index (χ3n) is 3.10. The maximum absolute atomic E-state index is 11.3. The van der Waals surface area contributed by atoms with Crippen LogP contribution in [-0.2, 0) is 6.42 Å². The van der Waals surface area contributed by atoms with Gasteiger partial charge in [0, 0.05) is 18.2 Å². The Morgan fingerprint density at radius 1 is 1.42 bits per heavy atom. The van der Waals surface area contributed by atoms with E-state index in [9.17, 15) is 15.2 Å². The summed E-state index contributed by atoms with van der Waals surface area (Å²) in [5.74, 6) is 0. The highest BCUT2D eigenvalue weighted by Crippen LogP contribution is 2.29. The van der Waals surface area contributed by atoms with Gasteiger partial charge in [-0.3, -0.25) is 15.1 Å². The van der Waals surface area contributed by atoms with E-state index < -0.39 is 11.0 Å². The van der Waals surface area contributed by atoms with Crippen molar-refractivity contribution in [1.82, 2.24) is 4.98 Å². The van der Waals surface area contributed by atoms with Crippen LogP contribution in [0.2, 0.25) is 0 Å². The highest BCUT2D eigenvalue weighted by molar-refractivity contribution is 5.89. The summed E-state index contributed by atoms with van der Waals surface area (Å²) in [6.45, 7) is 1.97. The lowest BCUT2D eigenvalue weighted by molar-refractivity contribution is -0.383. The van der Waals surface area contributed by atoms with Gasteiger partial charge in [-0.05, 0) is 30.7 Å². The normalized spacial score (nSPS) is 12.5. The number of aliphatic hydroxyl groups is 1. The molecule has 0 saturated carbocycles. The molecule has 1 N–H and O–H groups in total. The maximum Gasteiger partial charge on any atom is 0.282 e. The van der Waals surface area contributed by atoms with E-state index in [-0.39, 0.29) is 5.69 Å². The molecule has 1 heterocycles. The third-order valence-corrected chi connectivity index (χ3v) is 3.10. The van der Waals surface area contributed by atoms with Crippen molar-refractivity contribution in [3.05, 3.63) is 46.1 Å². The molecule has 0 aliphatic rings. The molecule has 19 heavy (non-hydrogen) atoms. The van der Waals surface area contributed by atoms with Gasteiger partial charge in [-0.1, -0.05) is 13.3 Å². The fourth-order valence-corrected chi connectivity index (χ4v) is 2.25. The Morgan fingerprint density at radius 3 is 2.89 bits per heavy atom. The van der Waals surface area contributed by atoms with Gasteiger partial charge in [0.25, 0.3) is 5.69 Å². The van der Waals surface area contributed by atoms with Crippen molar-refractivity contribution in [3.8, 4) is 0 Å². The molecule has 1 aromatic carbocycles. The minimum atomic E-state index is -0.544.